The summed E-state index contributed by atoms with van der Waals surface area (Å²) in [5.41, 5.74) is 1.20. The first-order valence-corrected chi connectivity index (χ1v) is 6.82. The van der Waals surface area contributed by atoms with E-state index in [0.717, 1.165) is 12.4 Å². The molecular weight excluding hydrogens is 252 g/mol. The second-order valence-corrected chi connectivity index (χ2v) is 4.34. The number of likely N-dealkylation sites (N-methyl/N-ethyl adjacent to an activating group) is 1. The van der Waals surface area contributed by atoms with Crippen LogP contribution in [0.4, 0.5) is 0 Å². The van der Waals surface area contributed by atoms with Crippen molar-refractivity contribution in [1.29, 1.82) is 0 Å². The van der Waals surface area contributed by atoms with Crippen LogP contribution in [0.3, 0.4) is 0 Å². The minimum Gasteiger partial charge on any atom is -0.383 e. The molecule has 0 atom stereocenters. The third-order valence-corrected chi connectivity index (χ3v) is 2.86. The lowest BCUT2D eigenvalue weighted by Crippen LogP contribution is -2.31. The molecule has 114 valence electrons. The fourth-order valence-corrected chi connectivity index (χ4v) is 1.45. The second-order valence-electron chi connectivity index (χ2n) is 4.34. The van der Waals surface area contributed by atoms with Crippen LogP contribution >= 0.6 is 0 Å². The van der Waals surface area contributed by atoms with Crippen LogP contribution in [0.5, 0.6) is 0 Å². The number of hydrogen-bond donors (Lipinski definition) is 1. The van der Waals surface area contributed by atoms with Gasteiger partial charge in [-0.1, -0.05) is 18.2 Å². The highest BCUT2D eigenvalue weighted by atomic mass is 16.5. The molecule has 0 aliphatic heterocycles. The summed E-state index contributed by atoms with van der Waals surface area (Å²) in [5.74, 6) is 1.54. The van der Waals surface area contributed by atoms with Crippen molar-refractivity contribution in [3.63, 3.8) is 0 Å². The van der Waals surface area contributed by atoms with E-state index in [1.807, 2.05) is 38.8 Å². The molecular formula is C15H28N4O. The summed E-state index contributed by atoms with van der Waals surface area (Å²) in [6, 6.07) is 0. The predicted molar refractivity (Wildman–Crippen MR) is 87.5 cm³/mol. The van der Waals surface area contributed by atoms with E-state index in [4.69, 9.17) is 4.74 Å². The number of methoxy groups -OCH3 is 1. The Morgan fingerprint density at radius 1 is 1.35 bits per heavy atom. The maximum atomic E-state index is 5.06. The van der Waals surface area contributed by atoms with Crippen LogP contribution in [0.15, 0.2) is 33.8 Å². The molecule has 0 rings (SSSR count). The maximum Gasteiger partial charge on any atom is 0.219 e. The third kappa shape index (κ3) is 7.74. The Kier molecular flexibility index (Phi) is 10.3. The van der Waals surface area contributed by atoms with Gasteiger partial charge in [0.1, 0.15) is 5.84 Å². The van der Waals surface area contributed by atoms with E-state index in [1.54, 1.807) is 14.2 Å². The molecule has 5 heteroatoms. The number of rotatable bonds is 6. The summed E-state index contributed by atoms with van der Waals surface area (Å²) in [5, 5.41) is 3.23. The summed E-state index contributed by atoms with van der Waals surface area (Å²) in [6.45, 7) is 8.19. The monoisotopic (exact) mass is 280 g/mol. The molecule has 0 bridgehead atoms. The largest absolute Gasteiger partial charge is 0.383 e. The van der Waals surface area contributed by atoms with Crippen LogP contribution in [-0.4, -0.2) is 57.6 Å². The van der Waals surface area contributed by atoms with Gasteiger partial charge in [0.15, 0.2) is 0 Å². The number of hydrogen-bond acceptors (Lipinski definition) is 2. The van der Waals surface area contributed by atoms with Gasteiger partial charge in [0.2, 0.25) is 5.96 Å². The summed E-state index contributed by atoms with van der Waals surface area (Å²) in [4.78, 5) is 10.7. The van der Waals surface area contributed by atoms with E-state index in [2.05, 4.69) is 27.5 Å². The summed E-state index contributed by atoms with van der Waals surface area (Å²) in [7, 11) is 5.42. The van der Waals surface area contributed by atoms with Crippen molar-refractivity contribution < 1.29 is 4.74 Å². The second kappa shape index (κ2) is 11.2. The van der Waals surface area contributed by atoms with Gasteiger partial charge in [0.25, 0.3) is 0 Å². The Labute approximate surface area is 123 Å². The number of allylic oxidation sites excluding steroid dienone is 2. The van der Waals surface area contributed by atoms with Gasteiger partial charge in [-0.05, 0) is 26.3 Å². The molecule has 0 aromatic rings. The SMILES string of the molecule is CC=CC(=CC)CNC(=NC)N=C(C)N(C)CCOC. The number of ether oxygens (including phenoxy) is 1. The van der Waals surface area contributed by atoms with E-state index in [0.29, 0.717) is 19.1 Å². The summed E-state index contributed by atoms with van der Waals surface area (Å²) in [6.07, 6.45) is 6.16. The molecule has 0 saturated carbocycles. The van der Waals surface area contributed by atoms with Crippen LogP contribution in [0.2, 0.25) is 0 Å². The average molecular weight is 280 g/mol. The van der Waals surface area contributed by atoms with Crippen LogP contribution in [0, 0.1) is 0 Å². The van der Waals surface area contributed by atoms with E-state index in [9.17, 15) is 0 Å². The van der Waals surface area contributed by atoms with Gasteiger partial charge in [0, 0.05) is 34.3 Å². The molecule has 0 aliphatic rings. The van der Waals surface area contributed by atoms with Crippen molar-refractivity contribution in [2.75, 3.05) is 40.9 Å². The molecule has 0 unspecified atom stereocenters. The van der Waals surface area contributed by atoms with E-state index in [1.165, 1.54) is 5.57 Å². The van der Waals surface area contributed by atoms with Gasteiger partial charge in [-0.15, -0.1) is 0 Å². The Morgan fingerprint density at radius 3 is 2.55 bits per heavy atom. The zero-order valence-corrected chi connectivity index (χ0v) is 13.6. The van der Waals surface area contributed by atoms with Crippen LogP contribution < -0.4 is 5.32 Å². The molecule has 1 N–H and O–H groups in total. The Bertz CT molecular complexity index is 383. The summed E-state index contributed by atoms with van der Waals surface area (Å²) < 4.78 is 5.06. The van der Waals surface area contributed by atoms with Gasteiger partial charge >= 0.3 is 0 Å². The van der Waals surface area contributed by atoms with E-state index in [-0.39, 0.29) is 0 Å². The van der Waals surface area contributed by atoms with Crippen LogP contribution in [-0.2, 0) is 4.74 Å². The van der Waals surface area contributed by atoms with Gasteiger partial charge in [-0.3, -0.25) is 4.99 Å². The average Bonchev–Trinajstić information content (AvgIpc) is 2.46. The highest BCUT2D eigenvalue weighted by molar-refractivity contribution is 5.94. The van der Waals surface area contributed by atoms with Gasteiger partial charge in [-0.2, -0.15) is 0 Å². The lowest BCUT2D eigenvalue weighted by molar-refractivity contribution is 0.182. The molecule has 0 heterocycles. The highest BCUT2D eigenvalue weighted by Crippen LogP contribution is 1.95. The number of aliphatic imine (C=N–C) groups is 2. The molecule has 0 aromatic carbocycles. The molecule has 0 saturated heterocycles. The zero-order chi connectivity index (χ0) is 15.4. The predicted octanol–water partition coefficient (Wildman–Crippen LogP) is 2.08. The first kappa shape index (κ1) is 18.4. The van der Waals surface area contributed by atoms with Crippen LogP contribution in [0.1, 0.15) is 20.8 Å². The quantitative estimate of drug-likeness (QED) is 0.460. The Hall–Kier alpha value is -1.62. The first-order valence-electron chi connectivity index (χ1n) is 6.82. The molecule has 20 heavy (non-hydrogen) atoms. The molecule has 0 aromatic heterocycles. The molecule has 0 amide bonds. The minimum atomic E-state index is 0.635. The molecule has 0 spiro atoms. The van der Waals surface area contributed by atoms with E-state index >= 15 is 0 Å². The smallest absolute Gasteiger partial charge is 0.219 e. The van der Waals surface area contributed by atoms with Gasteiger partial charge in [0.05, 0.1) is 6.61 Å². The third-order valence-electron chi connectivity index (χ3n) is 2.86. The fraction of sp³-hybridized carbons (Fsp3) is 0.600. The molecule has 0 fully saturated rings. The number of nitrogens with zero attached hydrogens (tertiary/aromatic N) is 3. The Morgan fingerprint density at radius 2 is 2.05 bits per heavy atom. The first-order chi connectivity index (χ1) is 9.58. The molecule has 0 aliphatic carbocycles. The van der Waals surface area contributed by atoms with Crippen molar-refractivity contribution in [2.24, 2.45) is 9.98 Å². The van der Waals surface area contributed by atoms with Crippen molar-refractivity contribution in [2.45, 2.75) is 20.8 Å². The van der Waals surface area contributed by atoms with Gasteiger partial charge < -0.3 is 15.0 Å². The number of guanidine groups is 1. The van der Waals surface area contributed by atoms with Crippen molar-refractivity contribution in [3.05, 3.63) is 23.8 Å². The lowest BCUT2D eigenvalue weighted by atomic mass is 10.2. The topological polar surface area (TPSA) is 49.2 Å². The maximum absolute atomic E-state index is 5.06. The van der Waals surface area contributed by atoms with E-state index < -0.39 is 0 Å². The van der Waals surface area contributed by atoms with Crippen molar-refractivity contribution in [3.8, 4) is 0 Å². The minimum absolute atomic E-state index is 0.635. The fourth-order valence-electron chi connectivity index (χ4n) is 1.45. The van der Waals surface area contributed by atoms with Crippen LogP contribution in [0.25, 0.3) is 0 Å². The normalized spacial score (nSPS) is 14.0. The zero-order valence-electron chi connectivity index (χ0n) is 13.6. The summed E-state index contributed by atoms with van der Waals surface area (Å²) >= 11 is 0. The number of amidine groups is 1. The van der Waals surface area contributed by atoms with Crippen molar-refractivity contribution >= 4 is 11.8 Å². The standard InChI is InChI=1S/C15H28N4O/c1-7-9-14(8-2)12-17-15(16-4)18-13(3)19(5)10-11-20-6/h7-9H,10-12H2,1-6H3,(H,16,17). The lowest BCUT2D eigenvalue weighted by Gasteiger charge is -2.18. The van der Waals surface area contributed by atoms with Gasteiger partial charge in [-0.25, -0.2) is 4.99 Å². The highest BCUT2D eigenvalue weighted by Gasteiger charge is 2.03. The molecule has 5 nitrogen and oxygen atoms in total. The number of nitrogens with one attached hydrogen (secondary N) is 1. The Balaban J connectivity index is 4.54. The van der Waals surface area contributed by atoms with Crippen molar-refractivity contribution in [1.82, 2.24) is 10.2 Å². The molecule has 0 radical (unpaired) electrons.